The normalized spacial score (nSPS) is 14.3. The Hall–Kier alpha value is -2.01. The van der Waals surface area contributed by atoms with Crippen LogP contribution in [0.3, 0.4) is 0 Å². The topological polar surface area (TPSA) is 41.9 Å². The summed E-state index contributed by atoms with van der Waals surface area (Å²) in [5.41, 5.74) is 5.47. The molecule has 3 heterocycles. The molecule has 4 rings (SSSR count). The molecule has 0 N–H and O–H groups in total. The second kappa shape index (κ2) is 8.16. The van der Waals surface area contributed by atoms with Gasteiger partial charge in [-0.25, -0.2) is 9.97 Å². The molecular formula is C22H22Cl2N4. The van der Waals surface area contributed by atoms with Gasteiger partial charge in [0.1, 0.15) is 5.82 Å². The first kappa shape index (κ1) is 19.3. The molecule has 2 aromatic heterocycles. The van der Waals surface area contributed by atoms with Crippen LogP contribution >= 0.6 is 23.2 Å². The van der Waals surface area contributed by atoms with Crippen LogP contribution in [-0.4, -0.2) is 26.4 Å². The van der Waals surface area contributed by atoms with Gasteiger partial charge in [-0.05, 0) is 23.8 Å². The van der Waals surface area contributed by atoms with Gasteiger partial charge in [0.25, 0.3) is 0 Å². The fourth-order valence-corrected chi connectivity index (χ4v) is 3.70. The van der Waals surface area contributed by atoms with Crippen molar-refractivity contribution in [3.63, 3.8) is 0 Å². The van der Waals surface area contributed by atoms with Crippen molar-refractivity contribution >= 4 is 23.2 Å². The van der Waals surface area contributed by atoms with E-state index >= 15 is 0 Å². The van der Waals surface area contributed by atoms with Crippen LogP contribution in [0.15, 0.2) is 42.7 Å². The maximum absolute atomic E-state index is 6.12. The van der Waals surface area contributed by atoms with Crippen molar-refractivity contribution in [2.75, 3.05) is 6.54 Å². The van der Waals surface area contributed by atoms with E-state index in [4.69, 9.17) is 28.2 Å². The highest BCUT2D eigenvalue weighted by atomic mass is 35.5. The highest BCUT2D eigenvalue weighted by Gasteiger charge is 2.19. The van der Waals surface area contributed by atoms with E-state index in [0.29, 0.717) is 16.0 Å². The van der Waals surface area contributed by atoms with Gasteiger partial charge in [-0.3, -0.25) is 9.88 Å². The Balaban J connectivity index is 1.44. The van der Waals surface area contributed by atoms with Gasteiger partial charge >= 0.3 is 0 Å². The first-order valence-electron chi connectivity index (χ1n) is 9.47. The Morgan fingerprint density at radius 2 is 1.89 bits per heavy atom. The van der Waals surface area contributed by atoms with Crippen molar-refractivity contribution in [1.82, 2.24) is 19.9 Å². The molecule has 0 bridgehead atoms. The maximum Gasteiger partial charge on any atom is 0.131 e. The van der Waals surface area contributed by atoms with Gasteiger partial charge in [0, 0.05) is 61.2 Å². The highest BCUT2D eigenvalue weighted by Crippen LogP contribution is 2.28. The monoisotopic (exact) mass is 412 g/mol. The number of hydrogen-bond donors (Lipinski definition) is 0. The van der Waals surface area contributed by atoms with E-state index in [1.165, 1.54) is 16.8 Å². The highest BCUT2D eigenvalue weighted by molar-refractivity contribution is 6.42. The standard InChI is InChI=1S/C22H22Cl2N4/c1-14(2)22-26-11-17-13-28(8-7-21(17)27-22)12-15-3-6-20(25-10-15)16-4-5-18(23)19(24)9-16/h3-6,9-11,14H,7-8,12-13H2,1-2H3. The summed E-state index contributed by atoms with van der Waals surface area (Å²) in [6.45, 7) is 7.00. The molecule has 4 nitrogen and oxygen atoms in total. The Labute approximate surface area is 175 Å². The molecule has 0 spiro atoms. The molecule has 0 saturated heterocycles. The molecular weight excluding hydrogens is 391 g/mol. The number of fused-ring (bicyclic) bond motifs is 1. The van der Waals surface area contributed by atoms with Crippen LogP contribution in [0.2, 0.25) is 10.0 Å². The minimum absolute atomic E-state index is 0.364. The van der Waals surface area contributed by atoms with Gasteiger partial charge in [0.05, 0.1) is 15.7 Å². The number of benzene rings is 1. The lowest BCUT2D eigenvalue weighted by atomic mass is 10.1. The van der Waals surface area contributed by atoms with Crippen molar-refractivity contribution in [2.24, 2.45) is 0 Å². The number of rotatable bonds is 4. The van der Waals surface area contributed by atoms with E-state index in [1.807, 2.05) is 30.6 Å². The van der Waals surface area contributed by atoms with Crippen molar-refractivity contribution in [2.45, 2.75) is 39.3 Å². The molecule has 144 valence electrons. The van der Waals surface area contributed by atoms with Crippen LogP contribution in [0, 0.1) is 0 Å². The number of hydrogen-bond acceptors (Lipinski definition) is 4. The number of halogens is 2. The van der Waals surface area contributed by atoms with Crippen molar-refractivity contribution in [1.29, 1.82) is 0 Å². The van der Waals surface area contributed by atoms with Crippen LogP contribution < -0.4 is 0 Å². The molecule has 6 heteroatoms. The number of nitrogens with zero attached hydrogens (tertiary/aromatic N) is 4. The van der Waals surface area contributed by atoms with E-state index in [9.17, 15) is 0 Å². The van der Waals surface area contributed by atoms with Gasteiger partial charge in [0.2, 0.25) is 0 Å². The zero-order valence-corrected chi connectivity index (χ0v) is 17.5. The third kappa shape index (κ3) is 4.19. The molecule has 1 aliphatic heterocycles. The second-order valence-electron chi connectivity index (χ2n) is 7.50. The lowest BCUT2D eigenvalue weighted by Gasteiger charge is -2.28. The summed E-state index contributed by atoms with van der Waals surface area (Å²) >= 11 is 12.1. The SMILES string of the molecule is CC(C)c1ncc2c(n1)CCN(Cc1ccc(-c3ccc(Cl)c(Cl)c3)nc1)C2. The van der Waals surface area contributed by atoms with Gasteiger partial charge < -0.3 is 0 Å². The average Bonchev–Trinajstić information content (AvgIpc) is 2.70. The number of aromatic nitrogens is 3. The van der Waals surface area contributed by atoms with Crippen LogP contribution in [0.25, 0.3) is 11.3 Å². The summed E-state index contributed by atoms with van der Waals surface area (Å²) in [6.07, 6.45) is 4.90. The summed E-state index contributed by atoms with van der Waals surface area (Å²) in [7, 11) is 0. The van der Waals surface area contributed by atoms with Crippen LogP contribution in [-0.2, 0) is 19.5 Å². The first-order valence-corrected chi connectivity index (χ1v) is 10.2. The predicted molar refractivity (Wildman–Crippen MR) is 114 cm³/mol. The van der Waals surface area contributed by atoms with E-state index < -0.39 is 0 Å². The zero-order valence-electron chi connectivity index (χ0n) is 16.0. The van der Waals surface area contributed by atoms with E-state index in [-0.39, 0.29) is 0 Å². The third-order valence-corrected chi connectivity index (χ3v) is 5.73. The lowest BCUT2D eigenvalue weighted by molar-refractivity contribution is 0.242. The predicted octanol–water partition coefficient (Wildman–Crippen LogP) is 5.53. The smallest absolute Gasteiger partial charge is 0.131 e. The molecule has 0 fully saturated rings. The van der Waals surface area contributed by atoms with Crippen LogP contribution in [0.1, 0.15) is 42.4 Å². The molecule has 28 heavy (non-hydrogen) atoms. The van der Waals surface area contributed by atoms with Gasteiger partial charge in [-0.15, -0.1) is 0 Å². The second-order valence-corrected chi connectivity index (χ2v) is 8.31. The summed E-state index contributed by atoms with van der Waals surface area (Å²) in [6, 6.07) is 9.73. The molecule has 1 aliphatic rings. The molecule has 0 radical (unpaired) electrons. The lowest BCUT2D eigenvalue weighted by Crippen LogP contribution is -2.31. The Morgan fingerprint density at radius 3 is 2.61 bits per heavy atom. The molecule has 0 saturated carbocycles. The van der Waals surface area contributed by atoms with Crippen molar-refractivity contribution < 1.29 is 0 Å². The minimum atomic E-state index is 0.364. The quantitative estimate of drug-likeness (QED) is 0.564. The summed E-state index contributed by atoms with van der Waals surface area (Å²) < 4.78 is 0. The first-order chi connectivity index (χ1) is 13.5. The molecule has 3 aromatic rings. The fourth-order valence-electron chi connectivity index (χ4n) is 3.41. The van der Waals surface area contributed by atoms with Gasteiger partial charge in [0.15, 0.2) is 0 Å². The van der Waals surface area contributed by atoms with Crippen molar-refractivity contribution in [3.05, 3.63) is 75.4 Å². The van der Waals surface area contributed by atoms with E-state index in [0.717, 1.165) is 43.1 Å². The van der Waals surface area contributed by atoms with Gasteiger partial charge in [-0.2, -0.15) is 0 Å². The molecule has 0 amide bonds. The summed E-state index contributed by atoms with van der Waals surface area (Å²) in [5.74, 6) is 1.30. The van der Waals surface area contributed by atoms with Crippen molar-refractivity contribution in [3.8, 4) is 11.3 Å². The molecule has 0 atom stereocenters. The summed E-state index contributed by atoms with van der Waals surface area (Å²) in [4.78, 5) is 16.3. The Bertz CT molecular complexity index is 986. The van der Waals surface area contributed by atoms with Gasteiger partial charge in [-0.1, -0.05) is 49.2 Å². The van der Waals surface area contributed by atoms with Crippen LogP contribution in [0.5, 0.6) is 0 Å². The maximum atomic E-state index is 6.12. The minimum Gasteiger partial charge on any atom is -0.294 e. The van der Waals surface area contributed by atoms with Crippen LogP contribution in [0.4, 0.5) is 0 Å². The third-order valence-electron chi connectivity index (χ3n) is 4.99. The Kier molecular flexibility index (Phi) is 5.63. The number of pyridine rings is 1. The van der Waals surface area contributed by atoms with E-state index in [2.05, 4.69) is 34.8 Å². The zero-order chi connectivity index (χ0) is 19.7. The van der Waals surface area contributed by atoms with E-state index in [1.54, 1.807) is 6.07 Å². The average molecular weight is 413 g/mol. The fraction of sp³-hybridized carbons (Fsp3) is 0.318. The summed E-state index contributed by atoms with van der Waals surface area (Å²) in [5, 5.41) is 1.09. The largest absolute Gasteiger partial charge is 0.294 e. The molecule has 0 unspecified atom stereocenters. The Morgan fingerprint density at radius 1 is 1.04 bits per heavy atom. The molecule has 0 aliphatic carbocycles. The molecule has 1 aromatic carbocycles.